The summed E-state index contributed by atoms with van der Waals surface area (Å²) in [4.78, 5) is 50.4. The molecule has 8 nitrogen and oxygen atoms in total. The molecule has 0 heterocycles. The zero-order valence-electron chi connectivity index (χ0n) is 16.2. The highest BCUT2D eigenvalue weighted by Gasteiger charge is 2.58. The molecular weight excluding hydrogens is 380 g/mol. The molecule has 0 aliphatic heterocycles. The summed E-state index contributed by atoms with van der Waals surface area (Å²) >= 11 is 0. The minimum absolute atomic E-state index is 0.0824. The summed E-state index contributed by atoms with van der Waals surface area (Å²) in [5.41, 5.74) is 0. The Labute approximate surface area is 169 Å². The smallest absolute Gasteiger partial charge is 0.311 e. The van der Waals surface area contributed by atoms with Gasteiger partial charge in [0.25, 0.3) is 0 Å². The number of rotatable bonds is 12. The van der Waals surface area contributed by atoms with Crippen molar-refractivity contribution in [3.63, 3.8) is 0 Å². The maximum absolute atomic E-state index is 12.7. The van der Waals surface area contributed by atoms with Gasteiger partial charge in [-0.3, -0.25) is 19.2 Å². The Morgan fingerprint density at radius 2 is 0.862 bits per heavy atom. The Balaban J connectivity index is 3.28. The highest BCUT2D eigenvalue weighted by molar-refractivity contribution is 5.93. The quantitative estimate of drug-likeness (QED) is 0.274. The van der Waals surface area contributed by atoms with Crippen LogP contribution in [0.1, 0.15) is 6.42 Å². The highest BCUT2D eigenvalue weighted by atomic mass is 16.6. The first kappa shape index (κ1) is 23.9. The van der Waals surface area contributed by atoms with Gasteiger partial charge in [0.1, 0.15) is 26.4 Å². The summed E-state index contributed by atoms with van der Waals surface area (Å²) in [5, 5.41) is 0. The van der Waals surface area contributed by atoms with Gasteiger partial charge in [-0.25, -0.2) is 0 Å². The monoisotopic (exact) mass is 406 g/mol. The molecule has 0 aromatic carbocycles. The van der Waals surface area contributed by atoms with Crippen molar-refractivity contribution >= 4 is 23.9 Å². The lowest BCUT2D eigenvalue weighted by molar-refractivity contribution is -0.167. The molecule has 1 aliphatic rings. The van der Waals surface area contributed by atoms with Crippen molar-refractivity contribution < 1.29 is 38.1 Å². The van der Waals surface area contributed by atoms with Gasteiger partial charge in [0.05, 0.1) is 23.7 Å². The second-order valence-corrected chi connectivity index (χ2v) is 6.18. The van der Waals surface area contributed by atoms with Crippen molar-refractivity contribution in [1.82, 2.24) is 0 Å². The van der Waals surface area contributed by atoms with E-state index in [9.17, 15) is 19.2 Å². The number of ether oxygens (including phenoxy) is 4. The molecule has 0 aromatic rings. The van der Waals surface area contributed by atoms with Crippen LogP contribution in [0.5, 0.6) is 0 Å². The van der Waals surface area contributed by atoms with Gasteiger partial charge in [-0.2, -0.15) is 0 Å². The molecule has 0 radical (unpaired) electrons. The van der Waals surface area contributed by atoms with Gasteiger partial charge in [-0.15, -0.1) is 0 Å². The van der Waals surface area contributed by atoms with Crippen molar-refractivity contribution in [3.8, 4) is 0 Å². The SMILES string of the molecule is C=CCOC(=O)[C@H]1[C@H](C(=O)OCC=C)[C@H](C(=O)OCC=C)C[C@H]1C(=O)OCC=C. The topological polar surface area (TPSA) is 105 Å². The van der Waals surface area contributed by atoms with Crippen LogP contribution in [0.15, 0.2) is 50.6 Å². The number of esters is 4. The van der Waals surface area contributed by atoms with E-state index in [0.717, 1.165) is 0 Å². The minimum Gasteiger partial charge on any atom is -0.461 e. The fourth-order valence-electron chi connectivity index (χ4n) is 3.15. The van der Waals surface area contributed by atoms with E-state index in [2.05, 4.69) is 26.3 Å². The van der Waals surface area contributed by atoms with Gasteiger partial charge in [-0.05, 0) is 6.42 Å². The van der Waals surface area contributed by atoms with Crippen LogP contribution in [0.25, 0.3) is 0 Å². The van der Waals surface area contributed by atoms with Crippen molar-refractivity contribution in [2.45, 2.75) is 6.42 Å². The third-order valence-electron chi connectivity index (χ3n) is 4.29. The lowest BCUT2D eigenvalue weighted by Gasteiger charge is -2.22. The van der Waals surface area contributed by atoms with E-state index in [4.69, 9.17) is 18.9 Å². The molecule has 29 heavy (non-hydrogen) atoms. The normalized spacial score (nSPS) is 22.6. The molecule has 0 spiro atoms. The molecule has 4 atom stereocenters. The van der Waals surface area contributed by atoms with Gasteiger partial charge in [-0.1, -0.05) is 50.6 Å². The van der Waals surface area contributed by atoms with Gasteiger partial charge in [0, 0.05) is 0 Å². The van der Waals surface area contributed by atoms with E-state index in [1.54, 1.807) is 0 Å². The average Bonchev–Trinajstić information content (AvgIpc) is 3.13. The molecule has 1 rings (SSSR count). The number of hydrogen-bond donors (Lipinski definition) is 0. The predicted octanol–water partition coefficient (Wildman–Crippen LogP) is 1.77. The molecule has 158 valence electrons. The van der Waals surface area contributed by atoms with Crippen molar-refractivity contribution in [1.29, 1.82) is 0 Å². The summed E-state index contributed by atoms with van der Waals surface area (Å²) in [7, 11) is 0. The van der Waals surface area contributed by atoms with Gasteiger partial charge >= 0.3 is 23.9 Å². The Kier molecular flexibility index (Phi) is 10.2. The molecule has 1 fully saturated rings. The van der Waals surface area contributed by atoms with E-state index in [0.29, 0.717) is 0 Å². The molecule has 0 unspecified atom stereocenters. The number of carbonyl (C=O) groups is 4. The summed E-state index contributed by atoms with van der Waals surface area (Å²) in [6.45, 7) is 13.4. The fraction of sp³-hybridized carbons (Fsp3) is 0.429. The third kappa shape index (κ3) is 6.44. The second kappa shape index (κ2) is 12.3. The van der Waals surface area contributed by atoms with Crippen LogP contribution in [0, 0.1) is 23.7 Å². The molecule has 0 saturated heterocycles. The minimum atomic E-state index is -1.27. The highest BCUT2D eigenvalue weighted by Crippen LogP contribution is 2.44. The van der Waals surface area contributed by atoms with Crippen molar-refractivity contribution in [2.75, 3.05) is 26.4 Å². The van der Waals surface area contributed by atoms with E-state index in [-0.39, 0.29) is 32.8 Å². The van der Waals surface area contributed by atoms with Crippen LogP contribution in [0.3, 0.4) is 0 Å². The Hall–Kier alpha value is -3.16. The van der Waals surface area contributed by atoms with E-state index in [1.165, 1.54) is 24.3 Å². The maximum atomic E-state index is 12.7. The van der Waals surface area contributed by atoms with Crippen LogP contribution < -0.4 is 0 Å². The number of hydrogen-bond acceptors (Lipinski definition) is 8. The maximum Gasteiger partial charge on any atom is 0.311 e. The summed E-state index contributed by atoms with van der Waals surface area (Å²) < 4.78 is 20.3. The molecular formula is C21H26O8. The summed E-state index contributed by atoms with van der Waals surface area (Å²) in [6.07, 6.45) is 5.29. The molecule has 0 bridgehead atoms. The van der Waals surface area contributed by atoms with Crippen LogP contribution in [-0.4, -0.2) is 50.3 Å². The fourth-order valence-corrected chi connectivity index (χ4v) is 3.15. The standard InChI is InChI=1S/C21H26O8/c1-5-9-26-18(22)14-13-15(19(23)27-10-6-2)17(21(25)29-12-8-4)16(14)20(24)28-11-7-3/h5-8,14-17H,1-4,9-13H2/t14-,15-,16-,17-/m1/s1. The Morgan fingerprint density at radius 1 is 0.586 bits per heavy atom. The van der Waals surface area contributed by atoms with Crippen LogP contribution in [0.4, 0.5) is 0 Å². The first-order valence-corrected chi connectivity index (χ1v) is 9.02. The third-order valence-corrected chi connectivity index (χ3v) is 4.29. The summed E-state index contributed by atoms with van der Waals surface area (Å²) in [6, 6.07) is 0. The van der Waals surface area contributed by atoms with Crippen molar-refractivity contribution in [3.05, 3.63) is 50.6 Å². The van der Waals surface area contributed by atoms with E-state index < -0.39 is 47.5 Å². The van der Waals surface area contributed by atoms with E-state index >= 15 is 0 Å². The largest absolute Gasteiger partial charge is 0.461 e. The molecule has 1 aliphatic carbocycles. The van der Waals surface area contributed by atoms with Crippen LogP contribution in [-0.2, 0) is 38.1 Å². The predicted molar refractivity (Wildman–Crippen MR) is 103 cm³/mol. The molecule has 1 saturated carbocycles. The average molecular weight is 406 g/mol. The summed E-state index contributed by atoms with van der Waals surface area (Å²) in [5.74, 6) is -7.87. The van der Waals surface area contributed by atoms with Crippen molar-refractivity contribution in [2.24, 2.45) is 23.7 Å². The Bertz CT molecular complexity index is 610. The number of carbonyl (C=O) groups excluding carboxylic acids is 4. The molecule has 0 amide bonds. The molecule has 0 aromatic heterocycles. The van der Waals surface area contributed by atoms with Gasteiger partial charge < -0.3 is 18.9 Å². The van der Waals surface area contributed by atoms with Crippen LogP contribution in [0.2, 0.25) is 0 Å². The molecule has 8 heteroatoms. The van der Waals surface area contributed by atoms with Gasteiger partial charge in [0.2, 0.25) is 0 Å². The Morgan fingerprint density at radius 3 is 1.14 bits per heavy atom. The first-order chi connectivity index (χ1) is 13.9. The lowest BCUT2D eigenvalue weighted by Crippen LogP contribution is -2.38. The zero-order valence-corrected chi connectivity index (χ0v) is 16.2. The van der Waals surface area contributed by atoms with E-state index in [1.807, 2.05) is 0 Å². The van der Waals surface area contributed by atoms with Crippen LogP contribution >= 0.6 is 0 Å². The second-order valence-electron chi connectivity index (χ2n) is 6.18. The lowest BCUT2D eigenvalue weighted by atomic mass is 9.86. The zero-order chi connectivity index (χ0) is 21.8. The van der Waals surface area contributed by atoms with Gasteiger partial charge in [0.15, 0.2) is 0 Å². The first-order valence-electron chi connectivity index (χ1n) is 9.02. The molecule has 0 N–H and O–H groups in total.